The Kier molecular flexibility index (Phi) is 3.14. The highest BCUT2D eigenvalue weighted by Gasteiger charge is 2.44. The van der Waals surface area contributed by atoms with Crippen molar-refractivity contribution in [3.8, 4) is 0 Å². The Labute approximate surface area is 115 Å². The molecule has 1 saturated heterocycles. The van der Waals surface area contributed by atoms with Gasteiger partial charge in [0.2, 0.25) is 0 Å². The monoisotopic (exact) mass is 277 g/mol. The Hall–Kier alpha value is -1.63. The van der Waals surface area contributed by atoms with Crippen LogP contribution in [-0.2, 0) is 9.67 Å². The standard InChI is InChI=1S/C12H15N5OS/c1-2-14-11(18)12(4-3-5-19-12)17-8-16-10-9(17)6-13-7-15-10/h6-8H,2-5H2,1H3,(H,14,18). The van der Waals surface area contributed by atoms with Crippen molar-refractivity contribution in [2.24, 2.45) is 0 Å². The van der Waals surface area contributed by atoms with Gasteiger partial charge in [0.25, 0.3) is 5.91 Å². The molecule has 2 aromatic heterocycles. The molecule has 0 radical (unpaired) electrons. The first kappa shape index (κ1) is 12.4. The number of imidazole rings is 1. The number of carbonyl (C=O) groups is 1. The fourth-order valence-corrected chi connectivity index (χ4v) is 3.85. The minimum absolute atomic E-state index is 0.0423. The summed E-state index contributed by atoms with van der Waals surface area (Å²) in [6.45, 7) is 2.56. The van der Waals surface area contributed by atoms with E-state index in [-0.39, 0.29) is 5.91 Å². The highest BCUT2D eigenvalue weighted by Crippen LogP contribution is 2.44. The summed E-state index contributed by atoms with van der Waals surface area (Å²) >= 11 is 1.67. The average Bonchev–Trinajstić information content (AvgIpc) is 3.06. The molecule has 0 spiro atoms. The van der Waals surface area contributed by atoms with Crippen LogP contribution in [0.15, 0.2) is 18.9 Å². The maximum absolute atomic E-state index is 12.5. The van der Waals surface area contributed by atoms with E-state index in [1.54, 1.807) is 24.3 Å². The average molecular weight is 277 g/mol. The highest BCUT2D eigenvalue weighted by atomic mass is 32.2. The van der Waals surface area contributed by atoms with Crippen LogP contribution >= 0.6 is 11.8 Å². The molecule has 3 rings (SSSR count). The van der Waals surface area contributed by atoms with Crippen LogP contribution in [0.3, 0.4) is 0 Å². The van der Waals surface area contributed by atoms with E-state index >= 15 is 0 Å². The lowest BCUT2D eigenvalue weighted by Gasteiger charge is -2.28. The van der Waals surface area contributed by atoms with Crippen LogP contribution in [0.4, 0.5) is 0 Å². The molecule has 6 nitrogen and oxygen atoms in total. The van der Waals surface area contributed by atoms with E-state index in [0.717, 1.165) is 24.1 Å². The van der Waals surface area contributed by atoms with Gasteiger partial charge in [0.1, 0.15) is 11.8 Å². The minimum atomic E-state index is -0.602. The Morgan fingerprint density at radius 2 is 2.47 bits per heavy atom. The first-order valence-electron chi connectivity index (χ1n) is 6.34. The fourth-order valence-electron chi connectivity index (χ4n) is 2.45. The van der Waals surface area contributed by atoms with E-state index in [2.05, 4.69) is 20.3 Å². The zero-order valence-electron chi connectivity index (χ0n) is 10.7. The van der Waals surface area contributed by atoms with Gasteiger partial charge in [-0.2, -0.15) is 0 Å². The van der Waals surface area contributed by atoms with Gasteiger partial charge in [0, 0.05) is 6.54 Å². The summed E-state index contributed by atoms with van der Waals surface area (Å²) in [5, 5.41) is 2.93. The predicted octanol–water partition coefficient (Wildman–Crippen LogP) is 1.14. The number of rotatable bonds is 3. The molecule has 0 bridgehead atoms. The Morgan fingerprint density at radius 3 is 3.21 bits per heavy atom. The zero-order valence-corrected chi connectivity index (χ0v) is 11.5. The van der Waals surface area contributed by atoms with Crippen LogP contribution in [0.2, 0.25) is 0 Å². The second-order valence-corrected chi connectivity index (χ2v) is 5.81. The molecule has 1 aliphatic rings. The van der Waals surface area contributed by atoms with Gasteiger partial charge in [-0.05, 0) is 25.5 Å². The number of fused-ring (bicyclic) bond motifs is 1. The van der Waals surface area contributed by atoms with Crippen molar-refractivity contribution in [2.75, 3.05) is 12.3 Å². The molecule has 1 N–H and O–H groups in total. The molecule has 2 aromatic rings. The quantitative estimate of drug-likeness (QED) is 0.911. The Balaban J connectivity index is 2.12. The molecule has 7 heteroatoms. The van der Waals surface area contributed by atoms with Gasteiger partial charge in [-0.25, -0.2) is 15.0 Å². The number of thioether (sulfide) groups is 1. The van der Waals surface area contributed by atoms with Crippen LogP contribution in [0.1, 0.15) is 19.8 Å². The van der Waals surface area contributed by atoms with E-state index in [4.69, 9.17) is 0 Å². The van der Waals surface area contributed by atoms with E-state index in [9.17, 15) is 4.79 Å². The third-order valence-electron chi connectivity index (χ3n) is 3.31. The van der Waals surface area contributed by atoms with Crippen LogP contribution in [0.5, 0.6) is 0 Å². The molecule has 0 aliphatic carbocycles. The van der Waals surface area contributed by atoms with Crippen molar-refractivity contribution in [1.82, 2.24) is 24.8 Å². The smallest absolute Gasteiger partial charge is 0.256 e. The first-order chi connectivity index (χ1) is 9.28. The van der Waals surface area contributed by atoms with Crippen molar-refractivity contribution < 1.29 is 4.79 Å². The van der Waals surface area contributed by atoms with E-state index in [1.165, 1.54) is 6.33 Å². The zero-order chi connectivity index (χ0) is 13.3. The normalized spacial score (nSPS) is 22.8. The maximum atomic E-state index is 12.5. The van der Waals surface area contributed by atoms with Crippen LogP contribution < -0.4 is 5.32 Å². The molecular weight excluding hydrogens is 262 g/mol. The Morgan fingerprint density at radius 1 is 1.58 bits per heavy atom. The lowest BCUT2D eigenvalue weighted by molar-refractivity contribution is -0.125. The SMILES string of the molecule is CCNC(=O)C1(n2cnc3ncncc32)CCCS1. The number of hydrogen-bond donors (Lipinski definition) is 1. The topological polar surface area (TPSA) is 72.7 Å². The molecule has 1 atom stereocenters. The summed E-state index contributed by atoms with van der Waals surface area (Å²) in [7, 11) is 0. The van der Waals surface area contributed by atoms with Crippen LogP contribution in [0, 0.1) is 0 Å². The molecule has 0 aromatic carbocycles. The number of likely N-dealkylation sites (N-methyl/N-ethyl adjacent to an activating group) is 1. The molecule has 100 valence electrons. The summed E-state index contributed by atoms with van der Waals surface area (Å²) in [4.78, 5) is 24.3. The summed E-state index contributed by atoms with van der Waals surface area (Å²) in [5.74, 6) is 1.02. The van der Waals surface area contributed by atoms with Crippen molar-refractivity contribution in [2.45, 2.75) is 24.6 Å². The van der Waals surface area contributed by atoms with Gasteiger partial charge >= 0.3 is 0 Å². The lowest BCUT2D eigenvalue weighted by atomic mass is 10.1. The van der Waals surface area contributed by atoms with Gasteiger partial charge in [-0.15, -0.1) is 11.8 Å². The lowest BCUT2D eigenvalue weighted by Crippen LogP contribution is -2.44. The highest BCUT2D eigenvalue weighted by molar-refractivity contribution is 8.01. The summed E-state index contributed by atoms with van der Waals surface area (Å²) < 4.78 is 1.92. The third-order valence-corrected chi connectivity index (χ3v) is 4.87. The largest absolute Gasteiger partial charge is 0.354 e. The second kappa shape index (κ2) is 4.80. The number of nitrogens with zero attached hydrogens (tertiary/aromatic N) is 4. The first-order valence-corrected chi connectivity index (χ1v) is 7.32. The van der Waals surface area contributed by atoms with Gasteiger partial charge in [-0.1, -0.05) is 0 Å². The molecular formula is C12H15N5OS. The molecule has 1 unspecified atom stereocenters. The summed E-state index contributed by atoms with van der Waals surface area (Å²) in [6, 6.07) is 0. The molecule has 1 amide bonds. The van der Waals surface area contributed by atoms with Gasteiger partial charge in [-0.3, -0.25) is 4.79 Å². The predicted molar refractivity (Wildman–Crippen MR) is 73.7 cm³/mol. The molecule has 19 heavy (non-hydrogen) atoms. The number of carbonyl (C=O) groups excluding carboxylic acids is 1. The number of hydrogen-bond acceptors (Lipinski definition) is 5. The molecule has 1 fully saturated rings. The minimum Gasteiger partial charge on any atom is -0.354 e. The maximum Gasteiger partial charge on any atom is 0.256 e. The number of nitrogens with one attached hydrogen (secondary N) is 1. The van der Waals surface area contributed by atoms with Crippen LogP contribution in [-0.4, -0.2) is 37.7 Å². The van der Waals surface area contributed by atoms with E-state index < -0.39 is 4.87 Å². The Bertz CT molecular complexity index is 605. The fraction of sp³-hybridized carbons (Fsp3) is 0.500. The molecule has 0 saturated carbocycles. The third kappa shape index (κ3) is 1.88. The van der Waals surface area contributed by atoms with E-state index in [0.29, 0.717) is 12.2 Å². The summed E-state index contributed by atoms with van der Waals surface area (Å²) in [6.07, 6.45) is 6.72. The van der Waals surface area contributed by atoms with E-state index in [1.807, 2.05) is 11.5 Å². The van der Waals surface area contributed by atoms with Crippen molar-refractivity contribution in [1.29, 1.82) is 0 Å². The number of amides is 1. The molecule has 1 aliphatic heterocycles. The molecule has 3 heterocycles. The van der Waals surface area contributed by atoms with Gasteiger partial charge < -0.3 is 9.88 Å². The second-order valence-electron chi connectivity index (χ2n) is 4.44. The van der Waals surface area contributed by atoms with Crippen LogP contribution in [0.25, 0.3) is 11.2 Å². The van der Waals surface area contributed by atoms with Crippen molar-refractivity contribution >= 4 is 28.8 Å². The van der Waals surface area contributed by atoms with Gasteiger partial charge in [0.15, 0.2) is 10.5 Å². The summed E-state index contributed by atoms with van der Waals surface area (Å²) in [5.41, 5.74) is 1.44. The number of aromatic nitrogens is 4. The van der Waals surface area contributed by atoms with Crippen molar-refractivity contribution in [3.05, 3.63) is 18.9 Å². The van der Waals surface area contributed by atoms with Gasteiger partial charge in [0.05, 0.1) is 12.5 Å². The van der Waals surface area contributed by atoms with Crippen molar-refractivity contribution in [3.63, 3.8) is 0 Å².